The average molecular weight is 478 g/mol. The number of hydrogen-bond donors (Lipinski definition) is 1. The summed E-state index contributed by atoms with van der Waals surface area (Å²) in [4.78, 5) is 12.7. The molecule has 0 heterocycles. The standard InChI is InChI=1S/C23H28ClN3O4S/c1-31-21-12-14-22(15-13-21)32(29,30)27(20-11-7-8-18(24)16-20)17-23(28)26-25-19-9-5-3-2-4-6-10-19/h7-8,11-16H,2-6,9-10,17H2,1H3,(H,26,28). The summed E-state index contributed by atoms with van der Waals surface area (Å²) in [7, 11) is -2.53. The fraction of sp³-hybridized carbons (Fsp3) is 0.391. The Morgan fingerprint density at radius 2 is 1.72 bits per heavy atom. The van der Waals surface area contributed by atoms with Crippen LogP contribution in [0, 0.1) is 0 Å². The number of benzene rings is 2. The van der Waals surface area contributed by atoms with E-state index in [4.69, 9.17) is 16.3 Å². The number of sulfonamides is 1. The molecule has 0 bridgehead atoms. The molecule has 1 amide bonds. The number of nitrogens with zero attached hydrogens (tertiary/aromatic N) is 2. The monoisotopic (exact) mass is 477 g/mol. The largest absolute Gasteiger partial charge is 0.497 e. The van der Waals surface area contributed by atoms with Gasteiger partial charge in [-0.15, -0.1) is 0 Å². The van der Waals surface area contributed by atoms with E-state index in [0.29, 0.717) is 16.5 Å². The minimum Gasteiger partial charge on any atom is -0.497 e. The van der Waals surface area contributed by atoms with Crippen LogP contribution in [0.5, 0.6) is 5.75 Å². The summed E-state index contributed by atoms with van der Waals surface area (Å²) >= 11 is 6.09. The smallest absolute Gasteiger partial charge is 0.264 e. The Morgan fingerprint density at radius 1 is 1.06 bits per heavy atom. The number of nitrogens with one attached hydrogen (secondary N) is 1. The minimum atomic E-state index is -4.03. The average Bonchev–Trinajstić information content (AvgIpc) is 2.76. The van der Waals surface area contributed by atoms with Crippen LogP contribution >= 0.6 is 11.6 Å². The Kier molecular flexibility index (Phi) is 8.53. The maximum absolute atomic E-state index is 13.4. The Hall–Kier alpha value is -2.58. The van der Waals surface area contributed by atoms with Crippen LogP contribution in [0.4, 0.5) is 5.69 Å². The summed E-state index contributed by atoms with van der Waals surface area (Å²) in [5.41, 5.74) is 3.79. The van der Waals surface area contributed by atoms with Crippen LogP contribution < -0.4 is 14.5 Å². The van der Waals surface area contributed by atoms with Crippen LogP contribution in [-0.4, -0.2) is 33.7 Å². The maximum atomic E-state index is 13.4. The molecule has 0 unspecified atom stereocenters. The summed E-state index contributed by atoms with van der Waals surface area (Å²) in [6, 6.07) is 12.4. The van der Waals surface area contributed by atoms with Crippen LogP contribution in [0.15, 0.2) is 58.5 Å². The van der Waals surface area contributed by atoms with Gasteiger partial charge in [0.05, 0.1) is 17.7 Å². The fourth-order valence-electron chi connectivity index (χ4n) is 3.55. The van der Waals surface area contributed by atoms with Gasteiger partial charge < -0.3 is 4.74 Å². The highest BCUT2D eigenvalue weighted by Crippen LogP contribution is 2.27. The summed E-state index contributed by atoms with van der Waals surface area (Å²) in [6.45, 7) is -0.425. The molecule has 9 heteroatoms. The number of hydrogen-bond acceptors (Lipinski definition) is 5. The number of amides is 1. The van der Waals surface area contributed by atoms with Gasteiger partial charge in [0.15, 0.2) is 0 Å². The summed E-state index contributed by atoms with van der Waals surface area (Å²) in [5.74, 6) is 0.0163. The summed E-state index contributed by atoms with van der Waals surface area (Å²) in [5, 5.41) is 4.65. The molecule has 7 nitrogen and oxygen atoms in total. The van der Waals surface area contributed by atoms with Crippen molar-refractivity contribution in [3.8, 4) is 5.75 Å². The third-order valence-electron chi connectivity index (χ3n) is 5.30. The summed E-state index contributed by atoms with van der Waals surface area (Å²) < 4.78 is 32.9. The molecule has 32 heavy (non-hydrogen) atoms. The molecule has 0 saturated heterocycles. The molecule has 1 aliphatic carbocycles. The first-order valence-corrected chi connectivity index (χ1v) is 12.5. The summed E-state index contributed by atoms with van der Waals surface area (Å²) in [6.07, 6.45) is 7.36. The van der Waals surface area contributed by atoms with E-state index in [1.807, 2.05) is 0 Å². The molecule has 0 atom stereocenters. The zero-order valence-electron chi connectivity index (χ0n) is 18.1. The third-order valence-corrected chi connectivity index (χ3v) is 7.32. The quantitative estimate of drug-likeness (QED) is 0.582. The first-order chi connectivity index (χ1) is 15.4. The van der Waals surface area contributed by atoms with Crippen molar-refractivity contribution < 1.29 is 17.9 Å². The number of carbonyl (C=O) groups is 1. The second-order valence-corrected chi connectivity index (χ2v) is 9.95. The normalized spacial score (nSPS) is 14.8. The predicted molar refractivity (Wildman–Crippen MR) is 127 cm³/mol. The Morgan fingerprint density at radius 3 is 2.34 bits per heavy atom. The van der Waals surface area contributed by atoms with Crippen molar-refractivity contribution in [1.82, 2.24) is 5.43 Å². The van der Waals surface area contributed by atoms with Gasteiger partial charge in [-0.3, -0.25) is 9.10 Å². The topological polar surface area (TPSA) is 88.1 Å². The van der Waals surface area contributed by atoms with Crippen LogP contribution in [0.2, 0.25) is 5.02 Å². The number of halogens is 1. The van der Waals surface area contributed by atoms with Gasteiger partial charge in [0.25, 0.3) is 15.9 Å². The van der Waals surface area contributed by atoms with E-state index in [1.54, 1.807) is 30.3 Å². The van der Waals surface area contributed by atoms with E-state index < -0.39 is 22.5 Å². The highest BCUT2D eigenvalue weighted by atomic mass is 35.5. The van der Waals surface area contributed by atoms with Crippen LogP contribution in [0.3, 0.4) is 0 Å². The molecule has 2 aromatic rings. The SMILES string of the molecule is COc1ccc(S(=O)(=O)N(CC(=O)NN=C2CCCCCCC2)c2cccc(Cl)c2)cc1. The Bertz CT molecular complexity index is 1050. The van der Waals surface area contributed by atoms with E-state index >= 15 is 0 Å². The van der Waals surface area contributed by atoms with Gasteiger partial charge in [0.2, 0.25) is 0 Å². The third kappa shape index (κ3) is 6.46. The molecular weight excluding hydrogens is 450 g/mol. The lowest BCUT2D eigenvalue weighted by Gasteiger charge is -2.24. The lowest BCUT2D eigenvalue weighted by atomic mass is 9.99. The first kappa shape index (κ1) is 24.1. The van der Waals surface area contributed by atoms with Gasteiger partial charge in [-0.25, -0.2) is 13.8 Å². The van der Waals surface area contributed by atoms with Crippen molar-refractivity contribution in [2.45, 2.75) is 49.8 Å². The number of carbonyl (C=O) groups excluding carboxylic acids is 1. The van der Waals surface area contributed by atoms with Crippen LogP contribution in [0.25, 0.3) is 0 Å². The molecular formula is C23H28ClN3O4S. The fourth-order valence-corrected chi connectivity index (χ4v) is 5.15. The van der Waals surface area contributed by atoms with Crippen molar-refractivity contribution in [3.63, 3.8) is 0 Å². The molecule has 172 valence electrons. The Labute approximate surface area is 194 Å². The second-order valence-electron chi connectivity index (χ2n) is 7.65. The Balaban J connectivity index is 1.83. The highest BCUT2D eigenvalue weighted by molar-refractivity contribution is 7.92. The molecule has 1 aliphatic rings. The van der Waals surface area contributed by atoms with Crippen molar-refractivity contribution in [1.29, 1.82) is 0 Å². The molecule has 0 aliphatic heterocycles. The number of methoxy groups -OCH3 is 1. The first-order valence-electron chi connectivity index (χ1n) is 10.7. The van der Waals surface area contributed by atoms with Crippen molar-refractivity contribution in [3.05, 3.63) is 53.6 Å². The zero-order valence-corrected chi connectivity index (χ0v) is 19.7. The molecule has 1 N–H and O–H groups in total. The van der Waals surface area contributed by atoms with Gasteiger partial charge >= 0.3 is 0 Å². The van der Waals surface area contributed by atoms with Crippen molar-refractivity contribution >= 4 is 38.9 Å². The van der Waals surface area contributed by atoms with Crippen LogP contribution in [0.1, 0.15) is 44.9 Å². The van der Waals surface area contributed by atoms with E-state index in [2.05, 4.69) is 10.5 Å². The highest BCUT2D eigenvalue weighted by Gasteiger charge is 2.27. The van der Waals surface area contributed by atoms with Crippen molar-refractivity contribution in [2.24, 2.45) is 5.10 Å². The van der Waals surface area contributed by atoms with E-state index in [0.717, 1.165) is 48.5 Å². The van der Waals surface area contributed by atoms with Crippen molar-refractivity contribution in [2.75, 3.05) is 18.0 Å². The molecule has 1 saturated carbocycles. The van der Waals surface area contributed by atoms with E-state index in [-0.39, 0.29) is 4.90 Å². The lowest BCUT2D eigenvalue weighted by Crippen LogP contribution is -2.39. The second kappa shape index (κ2) is 11.3. The van der Waals surface area contributed by atoms with Gasteiger partial charge in [-0.05, 0) is 68.1 Å². The molecule has 1 fully saturated rings. The van der Waals surface area contributed by atoms with Gasteiger partial charge in [0, 0.05) is 10.7 Å². The van der Waals surface area contributed by atoms with E-state index in [1.165, 1.54) is 31.7 Å². The number of rotatable bonds is 7. The van der Waals surface area contributed by atoms with Gasteiger partial charge in [-0.1, -0.05) is 36.9 Å². The van der Waals surface area contributed by atoms with Gasteiger partial charge in [-0.2, -0.15) is 5.10 Å². The molecule has 3 rings (SSSR count). The molecule has 0 aromatic heterocycles. The minimum absolute atomic E-state index is 0.0393. The van der Waals surface area contributed by atoms with Gasteiger partial charge in [0.1, 0.15) is 12.3 Å². The predicted octanol–water partition coefficient (Wildman–Crippen LogP) is 4.76. The molecule has 2 aromatic carbocycles. The number of anilines is 1. The number of ether oxygens (including phenoxy) is 1. The number of hydrazone groups is 1. The molecule has 0 spiro atoms. The maximum Gasteiger partial charge on any atom is 0.264 e. The lowest BCUT2D eigenvalue weighted by molar-refractivity contribution is -0.119. The van der Waals surface area contributed by atoms with E-state index in [9.17, 15) is 13.2 Å². The molecule has 0 radical (unpaired) electrons. The zero-order chi connectivity index (χ0) is 23.0. The van der Waals surface area contributed by atoms with Crippen LogP contribution in [-0.2, 0) is 14.8 Å².